The first-order valence-electron chi connectivity index (χ1n) is 5.99. The van der Waals surface area contributed by atoms with E-state index in [1.165, 1.54) is 17.9 Å². The maximum absolute atomic E-state index is 8.81. The zero-order valence-corrected chi connectivity index (χ0v) is 10.7. The summed E-state index contributed by atoms with van der Waals surface area (Å²) in [6.45, 7) is 0. The van der Waals surface area contributed by atoms with E-state index >= 15 is 0 Å². The normalized spacial score (nSPS) is 18.7. The summed E-state index contributed by atoms with van der Waals surface area (Å²) in [5, 5.41) is 8.81. The molecule has 90 valence electrons. The summed E-state index contributed by atoms with van der Waals surface area (Å²) < 4.78 is 2.27. The first-order valence-corrected chi connectivity index (χ1v) is 7.15. The summed E-state index contributed by atoms with van der Waals surface area (Å²) in [6.07, 6.45) is 5.13. The Balaban J connectivity index is 1.96. The summed E-state index contributed by atoms with van der Waals surface area (Å²) in [5.74, 6) is 3.40. The number of hydrogen-bond donors (Lipinski definition) is 0. The van der Waals surface area contributed by atoms with Crippen LogP contribution in [0.5, 0.6) is 0 Å². The number of aromatic nitrogens is 2. The number of imidazole rings is 1. The molecule has 18 heavy (non-hydrogen) atoms. The third-order valence-corrected chi connectivity index (χ3v) is 4.38. The van der Waals surface area contributed by atoms with Gasteiger partial charge in [-0.25, -0.2) is 4.98 Å². The Kier molecular flexibility index (Phi) is 3.07. The first kappa shape index (κ1) is 11.4. The van der Waals surface area contributed by atoms with E-state index in [2.05, 4.69) is 21.8 Å². The van der Waals surface area contributed by atoms with Gasteiger partial charge in [0.1, 0.15) is 5.82 Å². The standard InChI is InChI=1S/C14H13N3S/c15-9-11-1-3-12(4-2-11)14-16-6-7-17(14)13-5-8-18-10-13/h1-4,6-7,13H,5,8,10H2. The zero-order valence-electron chi connectivity index (χ0n) is 9.91. The predicted molar refractivity (Wildman–Crippen MR) is 73.4 cm³/mol. The Bertz CT molecular complexity index is 574. The van der Waals surface area contributed by atoms with Crippen LogP contribution >= 0.6 is 11.8 Å². The lowest BCUT2D eigenvalue weighted by Crippen LogP contribution is -2.08. The highest BCUT2D eigenvalue weighted by Gasteiger charge is 2.20. The van der Waals surface area contributed by atoms with Crippen molar-refractivity contribution in [2.75, 3.05) is 11.5 Å². The summed E-state index contributed by atoms with van der Waals surface area (Å²) >= 11 is 2.00. The minimum absolute atomic E-state index is 0.558. The molecule has 1 aliphatic heterocycles. The van der Waals surface area contributed by atoms with Crippen molar-refractivity contribution in [2.24, 2.45) is 0 Å². The summed E-state index contributed by atoms with van der Waals surface area (Å²) in [5.41, 5.74) is 1.77. The maximum atomic E-state index is 8.81. The molecule has 1 atom stereocenters. The molecule has 0 bridgehead atoms. The molecule has 2 aromatic rings. The van der Waals surface area contributed by atoms with Gasteiger partial charge in [0, 0.05) is 29.8 Å². The molecular formula is C14H13N3S. The smallest absolute Gasteiger partial charge is 0.140 e. The highest BCUT2D eigenvalue weighted by atomic mass is 32.2. The molecule has 1 aromatic carbocycles. The lowest BCUT2D eigenvalue weighted by atomic mass is 10.1. The van der Waals surface area contributed by atoms with Crippen LogP contribution in [0.2, 0.25) is 0 Å². The van der Waals surface area contributed by atoms with Crippen LogP contribution < -0.4 is 0 Å². The van der Waals surface area contributed by atoms with Gasteiger partial charge in [-0.15, -0.1) is 0 Å². The number of hydrogen-bond acceptors (Lipinski definition) is 3. The Hall–Kier alpha value is -1.73. The molecule has 0 aliphatic carbocycles. The number of nitriles is 1. The van der Waals surface area contributed by atoms with E-state index in [-0.39, 0.29) is 0 Å². The van der Waals surface area contributed by atoms with Gasteiger partial charge in [-0.2, -0.15) is 17.0 Å². The van der Waals surface area contributed by atoms with Crippen molar-refractivity contribution in [3.63, 3.8) is 0 Å². The first-order chi connectivity index (χ1) is 8.88. The van der Waals surface area contributed by atoms with Crippen LogP contribution in [0.3, 0.4) is 0 Å². The third kappa shape index (κ3) is 2.02. The van der Waals surface area contributed by atoms with Crippen LogP contribution in [-0.2, 0) is 0 Å². The third-order valence-electron chi connectivity index (χ3n) is 3.24. The number of nitrogens with zero attached hydrogens (tertiary/aromatic N) is 3. The van der Waals surface area contributed by atoms with Crippen molar-refractivity contribution in [1.82, 2.24) is 9.55 Å². The van der Waals surface area contributed by atoms with Gasteiger partial charge in [-0.05, 0) is 36.4 Å². The topological polar surface area (TPSA) is 41.6 Å². The number of thioether (sulfide) groups is 1. The molecule has 1 unspecified atom stereocenters. The van der Waals surface area contributed by atoms with Gasteiger partial charge in [0.05, 0.1) is 11.6 Å². The lowest BCUT2D eigenvalue weighted by molar-refractivity contribution is 0.565. The van der Waals surface area contributed by atoms with Crippen LogP contribution in [-0.4, -0.2) is 21.1 Å². The van der Waals surface area contributed by atoms with Gasteiger partial charge in [0.2, 0.25) is 0 Å². The van der Waals surface area contributed by atoms with Gasteiger partial charge < -0.3 is 4.57 Å². The SMILES string of the molecule is N#Cc1ccc(-c2nccn2C2CCSC2)cc1. The molecule has 0 radical (unpaired) electrons. The minimum Gasteiger partial charge on any atom is -0.327 e. The van der Waals surface area contributed by atoms with Crippen LogP contribution in [0.15, 0.2) is 36.7 Å². The van der Waals surface area contributed by atoms with E-state index < -0.39 is 0 Å². The largest absolute Gasteiger partial charge is 0.327 e. The molecule has 4 heteroatoms. The highest BCUT2D eigenvalue weighted by molar-refractivity contribution is 7.99. The van der Waals surface area contributed by atoms with E-state index in [0.717, 1.165) is 11.4 Å². The molecule has 0 spiro atoms. The number of rotatable bonds is 2. The molecule has 3 rings (SSSR count). The second-order valence-corrected chi connectivity index (χ2v) is 5.51. The van der Waals surface area contributed by atoms with Crippen LogP contribution in [0.4, 0.5) is 0 Å². The van der Waals surface area contributed by atoms with Crippen molar-refractivity contribution < 1.29 is 0 Å². The Morgan fingerprint density at radius 2 is 2.17 bits per heavy atom. The Morgan fingerprint density at radius 3 is 2.83 bits per heavy atom. The van der Waals surface area contributed by atoms with Crippen molar-refractivity contribution in [3.8, 4) is 17.5 Å². The summed E-state index contributed by atoms with van der Waals surface area (Å²) in [7, 11) is 0. The molecular weight excluding hydrogens is 242 g/mol. The van der Waals surface area contributed by atoms with Crippen LogP contribution in [0.25, 0.3) is 11.4 Å². The van der Waals surface area contributed by atoms with E-state index in [1.54, 1.807) is 0 Å². The summed E-state index contributed by atoms with van der Waals surface area (Å²) in [4.78, 5) is 4.46. The fourth-order valence-electron chi connectivity index (χ4n) is 2.27. The fourth-order valence-corrected chi connectivity index (χ4v) is 3.47. The average molecular weight is 255 g/mol. The summed E-state index contributed by atoms with van der Waals surface area (Å²) in [6, 6.07) is 10.3. The molecule has 1 fully saturated rings. The van der Waals surface area contributed by atoms with E-state index in [1.807, 2.05) is 42.2 Å². The van der Waals surface area contributed by atoms with Gasteiger partial charge in [0.25, 0.3) is 0 Å². The molecule has 0 saturated carbocycles. The Morgan fingerprint density at radius 1 is 1.33 bits per heavy atom. The Labute approximate surface area is 110 Å². The monoisotopic (exact) mass is 255 g/mol. The van der Waals surface area contributed by atoms with Gasteiger partial charge in [0.15, 0.2) is 0 Å². The maximum Gasteiger partial charge on any atom is 0.140 e. The molecule has 0 amide bonds. The molecule has 3 nitrogen and oxygen atoms in total. The lowest BCUT2D eigenvalue weighted by Gasteiger charge is -2.14. The van der Waals surface area contributed by atoms with E-state index in [0.29, 0.717) is 11.6 Å². The van der Waals surface area contributed by atoms with Gasteiger partial charge >= 0.3 is 0 Å². The van der Waals surface area contributed by atoms with Crippen molar-refractivity contribution in [1.29, 1.82) is 5.26 Å². The molecule has 1 aromatic heterocycles. The van der Waals surface area contributed by atoms with Crippen molar-refractivity contribution in [3.05, 3.63) is 42.2 Å². The fraction of sp³-hybridized carbons (Fsp3) is 0.286. The minimum atomic E-state index is 0.558. The van der Waals surface area contributed by atoms with Crippen LogP contribution in [0.1, 0.15) is 18.0 Å². The molecule has 1 saturated heterocycles. The molecule has 0 N–H and O–H groups in total. The second-order valence-electron chi connectivity index (χ2n) is 4.36. The van der Waals surface area contributed by atoms with Gasteiger partial charge in [-0.3, -0.25) is 0 Å². The van der Waals surface area contributed by atoms with Crippen LogP contribution in [0, 0.1) is 11.3 Å². The van der Waals surface area contributed by atoms with Crippen molar-refractivity contribution in [2.45, 2.75) is 12.5 Å². The van der Waals surface area contributed by atoms with E-state index in [4.69, 9.17) is 5.26 Å². The molecule has 1 aliphatic rings. The van der Waals surface area contributed by atoms with Crippen molar-refractivity contribution >= 4 is 11.8 Å². The highest BCUT2D eigenvalue weighted by Crippen LogP contribution is 2.31. The average Bonchev–Trinajstić information content (AvgIpc) is 3.09. The number of benzene rings is 1. The van der Waals surface area contributed by atoms with Gasteiger partial charge in [-0.1, -0.05) is 0 Å². The molecule has 2 heterocycles. The predicted octanol–water partition coefficient (Wildman–Crippen LogP) is 3.10. The quantitative estimate of drug-likeness (QED) is 0.828. The second kappa shape index (κ2) is 4.87. The zero-order chi connectivity index (χ0) is 12.4. The van der Waals surface area contributed by atoms with E-state index in [9.17, 15) is 0 Å².